The fourth-order valence-electron chi connectivity index (χ4n) is 1.98. The van der Waals surface area contributed by atoms with Gasteiger partial charge in [0.2, 0.25) is 0 Å². The summed E-state index contributed by atoms with van der Waals surface area (Å²) in [6.45, 7) is 3.70. The van der Waals surface area contributed by atoms with Gasteiger partial charge in [0, 0.05) is 5.75 Å². The van der Waals surface area contributed by atoms with Crippen molar-refractivity contribution < 1.29 is 13.5 Å². The average Bonchev–Trinajstić information content (AvgIpc) is 2.38. The van der Waals surface area contributed by atoms with Gasteiger partial charge in [0.25, 0.3) is 0 Å². The van der Waals surface area contributed by atoms with E-state index in [1.54, 1.807) is 6.92 Å². The number of benzene rings is 1. The van der Waals surface area contributed by atoms with Crippen LogP contribution < -0.4 is 0 Å². The molecular weight excluding hydrogens is 248 g/mol. The number of aryl methyl sites for hydroxylation is 1. The molecule has 18 heavy (non-hydrogen) atoms. The van der Waals surface area contributed by atoms with Crippen molar-refractivity contribution >= 4 is 9.84 Å². The van der Waals surface area contributed by atoms with Crippen LogP contribution in [-0.2, 0) is 16.3 Å². The lowest BCUT2D eigenvalue weighted by Crippen LogP contribution is -2.10. The van der Waals surface area contributed by atoms with Crippen LogP contribution in [0.2, 0.25) is 0 Å². The molecule has 0 radical (unpaired) electrons. The third kappa shape index (κ3) is 4.42. The first-order chi connectivity index (χ1) is 8.50. The van der Waals surface area contributed by atoms with Gasteiger partial charge in [-0.25, -0.2) is 8.42 Å². The Morgan fingerprint density at radius 1 is 1.22 bits per heavy atom. The van der Waals surface area contributed by atoms with E-state index in [0.717, 1.165) is 17.5 Å². The Hall–Kier alpha value is -0.870. The van der Waals surface area contributed by atoms with Crippen LogP contribution in [0.25, 0.3) is 0 Å². The van der Waals surface area contributed by atoms with E-state index >= 15 is 0 Å². The minimum absolute atomic E-state index is 0.162. The summed E-state index contributed by atoms with van der Waals surface area (Å²) in [5.41, 5.74) is 2.05. The lowest BCUT2D eigenvalue weighted by atomic mass is 9.98. The van der Waals surface area contributed by atoms with Crippen molar-refractivity contribution in [2.45, 2.75) is 39.2 Å². The van der Waals surface area contributed by atoms with Gasteiger partial charge in [-0.15, -0.1) is 0 Å². The lowest BCUT2D eigenvalue weighted by Gasteiger charge is -2.14. The molecule has 0 aliphatic heterocycles. The zero-order valence-corrected chi connectivity index (χ0v) is 11.9. The van der Waals surface area contributed by atoms with Gasteiger partial charge in [-0.05, 0) is 30.4 Å². The summed E-state index contributed by atoms with van der Waals surface area (Å²) in [6, 6.07) is 7.77. The number of rotatable bonds is 7. The summed E-state index contributed by atoms with van der Waals surface area (Å²) in [4.78, 5) is 0. The van der Waals surface area contributed by atoms with Crippen molar-refractivity contribution in [3.8, 4) is 0 Å². The minimum atomic E-state index is -2.92. The standard InChI is InChI=1S/C14H22O3S/c1-3-12-8-5-6-9-13(12)14(15)10-7-11-18(16,17)4-2/h5-6,8-9,14-15H,3-4,7,10-11H2,1-2H3. The minimum Gasteiger partial charge on any atom is -0.388 e. The van der Waals surface area contributed by atoms with Crippen LogP contribution in [0.3, 0.4) is 0 Å². The predicted octanol–water partition coefficient (Wildman–Crippen LogP) is 2.50. The number of aliphatic hydroxyl groups is 1. The van der Waals surface area contributed by atoms with Crippen molar-refractivity contribution in [2.75, 3.05) is 11.5 Å². The summed E-state index contributed by atoms with van der Waals surface area (Å²) in [7, 11) is -2.92. The number of hydrogen-bond donors (Lipinski definition) is 1. The maximum atomic E-state index is 11.4. The van der Waals surface area contributed by atoms with Crippen LogP contribution in [0.15, 0.2) is 24.3 Å². The van der Waals surface area contributed by atoms with Crippen molar-refractivity contribution in [1.29, 1.82) is 0 Å². The molecule has 1 aromatic carbocycles. The molecule has 0 aromatic heterocycles. The molecule has 0 saturated heterocycles. The Bertz CT molecular complexity index is 466. The van der Waals surface area contributed by atoms with E-state index in [1.807, 2.05) is 31.2 Å². The zero-order chi connectivity index (χ0) is 13.6. The van der Waals surface area contributed by atoms with Crippen LogP contribution in [0.1, 0.15) is 43.9 Å². The Morgan fingerprint density at radius 2 is 1.89 bits per heavy atom. The van der Waals surface area contributed by atoms with E-state index in [4.69, 9.17) is 0 Å². The highest BCUT2D eigenvalue weighted by Gasteiger charge is 2.13. The molecule has 1 N–H and O–H groups in total. The van der Waals surface area contributed by atoms with Gasteiger partial charge in [0.05, 0.1) is 11.9 Å². The van der Waals surface area contributed by atoms with Crippen LogP contribution >= 0.6 is 0 Å². The van der Waals surface area contributed by atoms with Crippen molar-refractivity contribution in [3.63, 3.8) is 0 Å². The highest BCUT2D eigenvalue weighted by molar-refractivity contribution is 7.91. The Labute approximate surface area is 110 Å². The molecule has 0 heterocycles. The Kier molecular flexibility index (Phi) is 5.82. The summed E-state index contributed by atoms with van der Waals surface area (Å²) in [5.74, 6) is 0.337. The second-order valence-electron chi connectivity index (χ2n) is 4.45. The van der Waals surface area contributed by atoms with E-state index in [0.29, 0.717) is 12.8 Å². The summed E-state index contributed by atoms with van der Waals surface area (Å²) >= 11 is 0. The van der Waals surface area contributed by atoms with Gasteiger partial charge < -0.3 is 5.11 Å². The van der Waals surface area contributed by atoms with Gasteiger partial charge in [-0.2, -0.15) is 0 Å². The molecular formula is C14H22O3S. The van der Waals surface area contributed by atoms with Gasteiger partial charge >= 0.3 is 0 Å². The van der Waals surface area contributed by atoms with Crippen molar-refractivity contribution in [2.24, 2.45) is 0 Å². The van der Waals surface area contributed by atoms with Crippen LogP contribution in [0.5, 0.6) is 0 Å². The molecule has 0 aliphatic carbocycles. The maximum absolute atomic E-state index is 11.4. The zero-order valence-electron chi connectivity index (χ0n) is 11.1. The van der Waals surface area contributed by atoms with Crippen molar-refractivity contribution in [3.05, 3.63) is 35.4 Å². The van der Waals surface area contributed by atoms with Crippen LogP contribution in [0.4, 0.5) is 0 Å². The van der Waals surface area contributed by atoms with Gasteiger partial charge in [-0.1, -0.05) is 38.1 Å². The molecule has 0 aliphatic rings. The fourth-order valence-corrected chi connectivity index (χ4v) is 2.87. The van der Waals surface area contributed by atoms with E-state index in [9.17, 15) is 13.5 Å². The fraction of sp³-hybridized carbons (Fsp3) is 0.571. The first-order valence-corrected chi connectivity index (χ1v) is 8.28. The average molecular weight is 270 g/mol. The molecule has 102 valence electrons. The normalized spacial score (nSPS) is 13.5. The third-order valence-corrected chi connectivity index (χ3v) is 4.96. The molecule has 1 unspecified atom stereocenters. The summed E-state index contributed by atoms with van der Waals surface area (Å²) < 4.78 is 22.7. The molecule has 0 amide bonds. The monoisotopic (exact) mass is 270 g/mol. The van der Waals surface area contributed by atoms with E-state index in [1.165, 1.54) is 0 Å². The molecule has 1 atom stereocenters. The Balaban J connectivity index is 2.58. The topological polar surface area (TPSA) is 54.4 Å². The number of sulfone groups is 1. The highest BCUT2D eigenvalue weighted by Crippen LogP contribution is 2.22. The molecule has 1 aromatic rings. The van der Waals surface area contributed by atoms with Crippen LogP contribution in [0, 0.1) is 0 Å². The van der Waals surface area contributed by atoms with Gasteiger partial charge in [0.15, 0.2) is 0 Å². The first kappa shape index (κ1) is 15.2. The van der Waals surface area contributed by atoms with E-state index < -0.39 is 15.9 Å². The largest absolute Gasteiger partial charge is 0.388 e. The molecule has 0 spiro atoms. The van der Waals surface area contributed by atoms with Crippen molar-refractivity contribution in [1.82, 2.24) is 0 Å². The lowest BCUT2D eigenvalue weighted by molar-refractivity contribution is 0.165. The number of aliphatic hydroxyl groups excluding tert-OH is 1. The quantitative estimate of drug-likeness (QED) is 0.828. The molecule has 0 bridgehead atoms. The molecule has 3 nitrogen and oxygen atoms in total. The van der Waals surface area contributed by atoms with Gasteiger partial charge in [0.1, 0.15) is 9.84 Å². The second kappa shape index (κ2) is 6.90. The molecule has 0 saturated carbocycles. The highest BCUT2D eigenvalue weighted by atomic mass is 32.2. The maximum Gasteiger partial charge on any atom is 0.150 e. The van der Waals surface area contributed by atoms with Crippen LogP contribution in [-0.4, -0.2) is 25.0 Å². The summed E-state index contributed by atoms with van der Waals surface area (Å²) in [5, 5.41) is 10.1. The predicted molar refractivity (Wildman–Crippen MR) is 74.3 cm³/mol. The first-order valence-electron chi connectivity index (χ1n) is 6.46. The number of hydrogen-bond acceptors (Lipinski definition) is 3. The van der Waals surface area contributed by atoms with Gasteiger partial charge in [-0.3, -0.25) is 0 Å². The third-order valence-electron chi connectivity index (χ3n) is 3.17. The molecule has 1 rings (SSSR count). The SMILES string of the molecule is CCc1ccccc1C(O)CCCS(=O)(=O)CC. The van der Waals surface area contributed by atoms with E-state index in [-0.39, 0.29) is 11.5 Å². The smallest absolute Gasteiger partial charge is 0.150 e. The second-order valence-corrected chi connectivity index (χ2v) is 6.92. The molecule has 0 fully saturated rings. The Morgan fingerprint density at radius 3 is 2.50 bits per heavy atom. The summed E-state index contributed by atoms with van der Waals surface area (Å²) in [6.07, 6.45) is 1.32. The molecule has 4 heteroatoms. The van der Waals surface area contributed by atoms with E-state index in [2.05, 4.69) is 0 Å².